The van der Waals surface area contributed by atoms with E-state index in [4.69, 9.17) is 10.3 Å². The van der Waals surface area contributed by atoms with Gasteiger partial charge in [0.25, 0.3) is 0 Å². The van der Waals surface area contributed by atoms with Crippen LogP contribution in [0.15, 0.2) is 33.3 Å². The smallest absolute Gasteiger partial charge is 0.231 e. The van der Waals surface area contributed by atoms with E-state index in [1.807, 2.05) is 31.2 Å². The van der Waals surface area contributed by atoms with Crippen molar-refractivity contribution in [3.05, 3.63) is 46.0 Å². The molecule has 1 atom stereocenters. The highest BCUT2D eigenvalue weighted by atomic mass is 79.9. The summed E-state index contributed by atoms with van der Waals surface area (Å²) < 4.78 is 6.16. The van der Waals surface area contributed by atoms with Crippen molar-refractivity contribution in [3.63, 3.8) is 0 Å². The average molecular weight is 282 g/mol. The molecule has 0 aliphatic heterocycles. The van der Waals surface area contributed by atoms with Crippen molar-refractivity contribution in [3.8, 4) is 0 Å². The van der Waals surface area contributed by atoms with Gasteiger partial charge in [-0.25, -0.2) is 0 Å². The van der Waals surface area contributed by atoms with Gasteiger partial charge in [0.15, 0.2) is 5.82 Å². The normalized spacial score (nSPS) is 12.7. The minimum atomic E-state index is -0.192. The van der Waals surface area contributed by atoms with Gasteiger partial charge in [0.05, 0.1) is 12.5 Å². The molecule has 16 heavy (non-hydrogen) atoms. The molecule has 84 valence electrons. The Hall–Kier alpha value is -1.20. The van der Waals surface area contributed by atoms with E-state index in [-0.39, 0.29) is 6.04 Å². The Kier molecular flexibility index (Phi) is 3.36. The highest BCUT2D eigenvalue weighted by molar-refractivity contribution is 9.10. The number of nitrogens with zero attached hydrogens (tertiary/aromatic N) is 2. The molecule has 0 aliphatic carbocycles. The summed E-state index contributed by atoms with van der Waals surface area (Å²) in [6, 6.07) is 7.80. The molecule has 2 N–H and O–H groups in total. The third-order valence-electron chi connectivity index (χ3n) is 2.16. The molecule has 2 aromatic rings. The maximum atomic E-state index is 5.65. The summed E-state index contributed by atoms with van der Waals surface area (Å²) in [5, 5.41) is 3.81. The van der Waals surface area contributed by atoms with E-state index in [1.54, 1.807) is 0 Å². The predicted octanol–water partition coefficient (Wildman–Crippen LogP) is 2.44. The second kappa shape index (κ2) is 4.76. The van der Waals surface area contributed by atoms with Crippen LogP contribution in [0.1, 0.15) is 30.2 Å². The van der Waals surface area contributed by atoms with Crippen LogP contribution in [0.2, 0.25) is 0 Å². The maximum Gasteiger partial charge on any atom is 0.231 e. The second-order valence-electron chi connectivity index (χ2n) is 3.64. The Balaban J connectivity index is 2.11. The number of hydrogen-bond donors (Lipinski definition) is 1. The fraction of sp³-hybridized carbons (Fsp3) is 0.273. The van der Waals surface area contributed by atoms with E-state index in [9.17, 15) is 0 Å². The van der Waals surface area contributed by atoms with Crippen molar-refractivity contribution in [1.29, 1.82) is 0 Å². The molecular weight excluding hydrogens is 270 g/mol. The van der Waals surface area contributed by atoms with Crippen molar-refractivity contribution in [2.45, 2.75) is 19.4 Å². The number of nitrogens with two attached hydrogens (primary N) is 1. The van der Waals surface area contributed by atoms with Crippen molar-refractivity contribution in [2.75, 3.05) is 0 Å². The third-order valence-corrected chi connectivity index (χ3v) is 2.69. The highest BCUT2D eigenvalue weighted by Gasteiger charge is 2.10. The minimum Gasteiger partial charge on any atom is -0.339 e. The summed E-state index contributed by atoms with van der Waals surface area (Å²) in [5.41, 5.74) is 6.78. The van der Waals surface area contributed by atoms with Crippen LogP contribution in [-0.4, -0.2) is 10.1 Å². The molecule has 0 aliphatic rings. The number of halogens is 1. The van der Waals surface area contributed by atoms with E-state index >= 15 is 0 Å². The Morgan fingerprint density at radius 2 is 2.06 bits per heavy atom. The van der Waals surface area contributed by atoms with Crippen LogP contribution in [-0.2, 0) is 6.42 Å². The fourth-order valence-corrected chi connectivity index (χ4v) is 1.57. The van der Waals surface area contributed by atoms with Crippen LogP contribution in [0.5, 0.6) is 0 Å². The lowest BCUT2D eigenvalue weighted by molar-refractivity contribution is 0.377. The molecule has 0 saturated carbocycles. The summed E-state index contributed by atoms with van der Waals surface area (Å²) >= 11 is 3.39. The van der Waals surface area contributed by atoms with E-state index in [0.717, 1.165) is 10.0 Å². The van der Waals surface area contributed by atoms with Gasteiger partial charge in [-0.05, 0) is 24.6 Å². The van der Waals surface area contributed by atoms with Gasteiger partial charge in [0, 0.05) is 4.47 Å². The summed E-state index contributed by atoms with van der Waals surface area (Å²) in [6.07, 6.45) is 0.632. The van der Waals surface area contributed by atoms with Gasteiger partial charge < -0.3 is 10.3 Å². The number of aromatic nitrogens is 2. The molecule has 0 amide bonds. The quantitative estimate of drug-likeness (QED) is 0.939. The summed E-state index contributed by atoms with van der Waals surface area (Å²) in [5.74, 6) is 1.14. The Morgan fingerprint density at radius 3 is 2.62 bits per heavy atom. The minimum absolute atomic E-state index is 0.192. The van der Waals surface area contributed by atoms with Gasteiger partial charge in [0.2, 0.25) is 5.89 Å². The summed E-state index contributed by atoms with van der Waals surface area (Å²) in [6.45, 7) is 1.83. The van der Waals surface area contributed by atoms with Crippen LogP contribution >= 0.6 is 15.9 Å². The lowest BCUT2D eigenvalue weighted by atomic mass is 10.1. The van der Waals surface area contributed by atoms with Gasteiger partial charge in [-0.15, -0.1) is 0 Å². The average Bonchev–Trinajstić information content (AvgIpc) is 2.70. The van der Waals surface area contributed by atoms with Crippen LogP contribution in [0.3, 0.4) is 0 Å². The van der Waals surface area contributed by atoms with Crippen molar-refractivity contribution in [1.82, 2.24) is 10.1 Å². The van der Waals surface area contributed by atoms with Crippen LogP contribution < -0.4 is 5.73 Å². The topological polar surface area (TPSA) is 64.9 Å². The zero-order valence-corrected chi connectivity index (χ0v) is 10.4. The maximum absolute atomic E-state index is 5.65. The molecule has 0 radical (unpaired) electrons. The molecule has 1 heterocycles. The molecule has 4 nitrogen and oxygen atoms in total. The molecular formula is C11H12BrN3O. The van der Waals surface area contributed by atoms with Crippen LogP contribution in [0.25, 0.3) is 0 Å². The largest absolute Gasteiger partial charge is 0.339 e. The first-order valence-electron chi connectivity index (χ1n) is 4.97. The number of hydrogen-bond acceptors (Lipinski definition) is 4. The molecule has 1 aromatic carbocycles. The molecule has 5 heteroatoms. The van der Waals surface area contributed by atoms with E-state index < -0.39 is 0 Å². The van der Waals surface area contributed by atoms with E-state index in [0.29, 0.717) is 18.1 Å². The second-order valence-corrected chi connectivity index (χ2v) is 4.55. The van der Waals surface area contributed by atoms with Gasteiger partial charge in [-0.1, -0.05) is 33.2 Å². The molecule has 1 unspecified atom stereocenters. The third kappa shape index (κ3) is 2.68. The van der Waals surface area contributed by atoms with Crippen molar-refractivity contribution in [2.24, 2.45) is 5.73 Å². The molecule has 0 spiro atoms. The number of rotatable bonds is 3. The number of benzene rings is 1. The van der Waals surface area contributed by atoms with Gasteiger partial charge in [0.1, 0.15) is 0 Å². The lowest BCUT2D eigenvalue weighted by Crippen LogP contribution is -2.06. The highest BCUT2D eigenvalue weighted by Crippen LogP contribution is 2.14. The lowest BCUT2D eigenvalue weighted by Gasteiger charge is -1.96. The van der Waals surface area contributed by atoms with Crippen LogP contribution in [0.4, 0.5) is 0 Å². The van der Waals surface area contributed by atoms with Gasteiger partial charge in [-0.2, -0.15) is 4.98 Å². The zero-order valence-electron chi connectivity index (χ0n) is 8.85. The van der Waals surface area contributed by atoms with Crippen molar-refractivity contribution < 1.29 is 4.52 Å². The predicted molar refractivity (Wildman–Crippen MR) is 63.8 cm³/mol. The van der Waals surface area contributed by atoms with E-state index in [1.165, 1.54) is 0 Å². The van der Waals surface area contributed by atoms with E-state index in [2.05, 4.69) is 26.1 Å². The first kappa shape index (κ1) is 11.3. The Morgan fingerprint density at radius 1 is 1.38 bits per heavy atom. The van der Waals surface area contributed by atoms with Crippen molar-refractivity contribution >= 4 is 15.9 Å². The molecule has 0 saturated heterocycles. The summed E-state index contributed by atoms with van der Waals surface area (Å²) in [7, 11) is 0. The first-order chi connectivity index (χ1) is 7.65. The molecule has 1 aromatic heterocycles. The molecule has 0 bridgehead atoms. The molecule has 2 rings (SSSR count). The van der Waals surface area contributed by atoms with Gasteiger partial charge in [-0.3, -0.25) is 0 Å². The zero-order chi connectivity index (χ0) is 11.5. The first-order valence-corrected chi connectivity index (χ1v) is 5.77. The fourth-order valence-electron chi connectivity index (χ4n) is 1.30. The SMILES string of the molecule is CC(N)c1noc(Cc2ccc(Br)cc2)n1. The Bertz CT molecular complexity index is 464. The molecule has 0 fully saturated rings. The van der Waals surface area contributed by atoms with Crippen LogP contribution in [0, 0.1) is 0 Å². The van der Waals surface area contributed by atoms with Gasteiger partial charge >= 0.3 is 0 Å². The monoisotopic (exact) mass is 281 g/mol. The standard InChI is InChI=1S/C11H12BrN3O/c1-7(13)11-14-10(16-15-11)6-8-2-4-9(12)5-3-8/h2-5,7H,6,13H2,1H3. The Labute approximate surface area is 102 Å². The summed E-state index contributed by atoms with van der Waals surface area (Å²) in [4.78, 5) is 4.21.